The van der Waals surface area contributed by atoms with Crippen LogP contribution in [0.2, 0.25) is 5.15 Å². The van der Waals surface area contributed by atoms with E-state index in [0.717, 1.165) is 36.5 Å². The molecule has 1 aliphatic rings. The van der Waals surface area contributed by atoms with Gasteiger partial charge in [0.15, 0.2) is 5.65 Å². The van der Waals surface area contributed by atoms with Gasteiger partial charge < -0.3 is 15.4 Å². The summed E-state index contributed by atoms with van der Waals surface area (Å²) < 4.78 is 20.3. The highest BCUT2D eigenvalue weighted by atomic mass is 35.5. The van der Waals surface area contributed by atoms with Crippen LogP contribution in [0.15, 0.2) is 24.4 Å². The van der Waals surface area contributed by atoms with Crippen LogP contribution in [0.5, 0.6) is 0 Å². The van der Waals surface area contributed by atoms with Crippen LogP contribution in [-0.2, 0) is 17.8 Å². The van der Waals surface area contributed by atoms with Gasteiger partial charge in [-0.05, 0) is 18.1 Å². The molecule has 12 heteroatoms. The van der Waals surface area contributed by atoms with Gasteiger partial charge in [0.25, 0.3) is 11.6 Å². The van der Waals surface area contributed by atoms with Crippen LogP contribution in [0.4, 0.5) is 15.9 Å². The van der Waals surface area contributed by atoms with Crippen molar-refractivity contribution in [2.75, 3.05) is 25.0 Å². The Bertz CT molecular complexity index is 1150. The molecule has 4 rings (SSSR count). The van der Waals surface area contributed by atoms with E-state index in [4.69, 9.17) is 16.3 Å². The maximum absolute atomic E-state index is 13.4. The van der Waals surface area contributed by atoms with E-state index in [0.29, 0.717) is 16.4 Å². The molecule has 3 aromatic rings. The summed E-state index contributed by atoms with van der Waals surface area (Å²) in [5.41, 5.74) is 1.47. The molecule has 1 aliphatic heterocycles. The summed E-state index contributed by atoms with van der Waals surface area (Å²) in [4.78, 5) is 26.9. The van der Waals surface area contributed by atoms with Gasteiger partial charge in [0.05, 0.1) is 30.4 Å². The van der Waals surface area contributed by atoms with Gasteiger partial charge in [0, 0.05) is 24.7 Å². The van der Waals surface area contributed by atoms with E-state index >= 15 is 0 Å². The number of ether oxygens (including phenoxy) is 1. The third-order valence-corrected chi connectivity index (χ3v) is 4.87. The predicted octanol–water partition coefficient (Wildman–Crippen LogP) is 2.34. The maximum Gasteiger partial charge on any atom is 0.272 e. The van der Waals surface area contributed by atoms with E-state index in [2.05, 4.69) is 20.7 Å². The minimum atomic E-state index is -0.712. The molecular weight excluding hydrogens is 419 g/mol. The van der Waals surface area contributed by atoms with E-state index in [-0.39, 0.29) is 31.0 Å². The lowest BCUT2D eigenvalue weighted by molar-refractivity contribution is -0.385. The Morgan fingerprint density at radius 2 is 2.27 bits per heavy atom. The average Bonchev–Trinajstić information content (AvgIpc) is 3.34. The number of fused-ring (bicyclic) bond motifs is 3. The molecule has 0 atom stereocenters. The van der Waals surface area contributed by atoms with Gasteiger partial charge in [-0.3, -0.25) is 14.9 Å². The van der Waals surface area contributed by atoms with Crippen molar-refractivity contribution in [3.8, 4) is 0 Å². The second kappa shape index (κ2) is 8.20. The molecule has 0 spiro atoms. The highest BCUT2D eigenvalue weighted by Crippen LogP contribution is 2.29. The van der Waals surface area contributed by atoms with Crippen LogP contribution in [0.25, 0.3) is 5.65 Å². The molecule has 0 aliphatic carbocycles. The zero-order valence-electron chi connectivity index (χ0n) is 15.5. The van der Waals surface area contributed by atoms with Crippen LogP contribution >= 0.6 is 11.6 Å². The van der Waals surface area contributed by atoms with Crippen molar-refractivity contribution in [2.45, 2.75) is 13.0 Å². The van der Waals surface area contributed by atoms with Gasteiger partial charge in [0.1, 0.15) is 22.4 Å². The Kier molecular flexibility index (Phi) is 5.46. The minimum Gasteiger partial charge on any atom is -0.375 e. The van der Waals surface area contributed by atoms with Gasteiger partial charge in [-0.15, -0.1) is 0 Å². The number of rotatable bonds is 7. The van der Waals surface area contributed by atoms with E-state index in [1.54, 1.807) is 4.52 Å². The number of nitrogens with zero attached hydrogens (tertiary/aromatic N) is 4. The number of anilines is 1. The second-order valence-electron chi connectivity index (χ2n) is 6.58. The first-order valence-electron chi connectivity index (χ1n) is 9.04. The number of amides is 1. The number of halogens is 2. The number of nitro benzene ring substituents is 1. The van der Waals surface area contributed by atoms with Crippen molar-refractivity contribution in [2.24, 2.45) is 0 Å². The van der Waals surface area contributed by atoms with E-state index in [9.17, 15) is 19.3 Å². The van der Waals surface area contributed by atoms with Crippen molar-refractivity contribution >= 4 is 34.7 Å². The van der Waals surface area contributed by atoms with Crippen molar-refractivity contribution in [3.05, 3.63) is 62.2 Å². The fourth-order valence-electron chi connectivity index (χ4n) is 3.21. The molecule has 1 amide bonds. The van der Waals surface area contributed by atoms with Crippen molar-refractivity contribution in [3.63, 3.8) is 0 Å². The summed E-state index contributed by atoms with van der Waals surface area (Å²) in [5, 5.41) is 21.2. The number of carbonyl (C=O) groups excluding carboxylic acids is 1. The van der Waals surface area contributed by atoms with Crippen LogP contribution in [-0.4, -0.2) is 45.1 Å². The van der Waals surface area contributed by atoms with Crippen LogP contribution < -0.4 is 10.6 Å². The molecule has 30 heavy (non-hydrogen) atoms. The number of carbonyl (C=O) groups is 1. The largest absolute Gasteiger partial charge is 0.375 e. The quantitative estimate of drug-likeness (QED) is 0.253. The average molecular weight is 435 g/mol. The van der Waals surface area contributed by atoms with Gasteiger partial charge in [-0.2, -0.15) is 9.61 Å². The fourth-order valence-corrected chi connectivity index (χ4v) is 3.48. The predicted molar refractivity (Wildman–Crippen MR) is 105 cm³/mol. The van der Waals surface area contributed by atoms with Crippen molar-refractivity contribution < 1.29 is 18.8 Å². The first-order chi connectivity index (χ1) is 14.4. The minimum absolute atomic E-state index is 0.0276. The molecule has 0 bridgehead atoms. The SMILES string of the molecule is O=C(NCCOCc1cc(F)cc([N+](=O)[O-])c1)c1cnn2c3c(c(Cl)nc12)CCN3. The first-order valence-corrected chi connectivity index (χ1v) is 9.41. The molecule has 3 heterocycles. The number of hydrogen-bond donors (Lipinski definition) is 2. The van der Waals surface area contributed by atoms with E-state index < -0.39 is 16.6 Å². The van der Waals surface area contributed by atoms with Gasteiger partial charge in [-0.25, -0.2) is 9.37 Å². The molecule has 2 N–H and O–H groups in total. The van der Waals surface area contributed by atoms with Crippen LogP contribution in [0.1, 0.15) is 21.5 Å². The van der Waals surface area contributed by atoms with Crippen LogP contribution in [0, 0.1) is 15.9 Å². The third-order valence-electron chi connectivity index (χ3n) is 4.56. The summed E-state index contributed by atoms with van der Waals surface area (Å²) in [6.07, 6.45) is 2.16. The number of nitrogens with one attached hydrogen (secondary N) is 2. The maximum atomic E-state index is 13.4. The number of nitro groups is 1. The summed E-state index contributed by atoms with van der Waals surface area (Å²) in [5.74, 6) is -0.371. The van der Waals surface area contributed by atoms with Crippen LogP contribution in [0.3, 0.4) is 0 Å². The third kappa shape index (κ3) is 3.89. The number of aromatic nitrogens is 3. The van der Waals surface area contributed by atoms with Gasteiger partial charge in [0.2, 0.25) is 0 Å². The zero-order chi connectivity index (χ0) is 21.3. The summed E-state index contributed by atoms with van der Waals surface area (Å²) >= 11 is 6.22. The highest BCUT2D eigenvalue weighted by molar-refractivity contribution is 6.30. The highest BCUT2D eigenvalue weighted by Gasteiger charge is 2.23. The smallest absolute Gasteiger partial charge is 0.272 e. The Hall–Kier alpha value is -3.31. The van der Waals surface area contributed by atoms with Crippen molar-refractivity contribution in [1.29, 1.82) is 0 Å². The molecule has 156 valence electrons. The first kappa shape index (κ1) is 20.0. The number of non-ortho nitro benzene ring substituents is 1. The lowest BCUT2D eigenvalue weighted by atomic mass is 10.2. The topological polar surface area (TPSA) is 124 Å². The van der Waals surface area contributed by atoms with Gasteiger partial charge >= 0.3 is 0 Å². The number of benzene rings is 1. The second-order valence-corrected chi connectivity index (χ2v) is 6.94. The normalized spacial score (nSPS) is 12.6. The number of hydrogen-bond acceptors (Lipinski definition) is 7. The molecule has 0 unspecified atom stereocenters. The fraction of sp³-hybridized carbons (Fsp3) is 0.278. The monoisotopic (exact) mass is 434 g/mol. The Labute approximate surface area is 174 Å². The molecule has 0 fully saturated rings. The van der Waals surface area contributed by atoms with Gasteiger partial charge in [-0.1, -0.05) is 11.6 Å². The zero-order valence-corrected chi connectivity index (χ0v) is 16.3. The molecule has 10 nitrogen and oxygen atoms in total. The molecule has 1 aromatic carbocycles. The van der Waals surface area contributed by atoms with Crippen molar-refractivity contribution in [1.82, 2.24) is 19.9 Å². The summed E-state index contributed by atoms with van der Waals surface area (Å²) in [6, 6.07) is 3.24. The molecule has 0 saturated heterocycles. The molecule has 0 saturated carbocycles. The Morgan fingerprint density at radius 1 is 1.43 bits per heavy atom. The van der Waals surface area contributed by atoms with E-state index in [1.165, 1.54) is 12.3 Å². The summed E-state index contributed by atoms with van der Waals surface area (Å²) in [6.45, 7) is 0.994. The molecule has 0 radical (unpaired) electrons. The Morgan fingerprint density at radius 3 is 3.07 bits per heavy atom. The molecule has 2 aromatic heterocycles. The summed E-state index contributed by atoms with van der Waals surface area (Å²) in [7, 11) is 0. The van der Waals surface area contributed by atoms with E-state index in [1.807, 2.05) is 0 Å². The Balaban J connectivity index is 1.34. The standard InChI is InChI=1S/C18H16ClFN6O4/c19-15-13-1-2-21-16(13)25-17(24-15)14(8-23-25)18(27)22-3-4-30-9-10-5-11(20)7-12(6-10)26(28)29/h5-8,21H,1-4,9H2,(H,22,27). The molecular formula is C18H16ClFN6O4. The lowest BCUT2D eigenvalue weighted by Crippen LogP contribution is -2.27. The lowest BCUT2D eigenvalue weighted by Gasteiger charge is -2.07.